The first-order chi connectivity index (χ1) is 14.5. The summed E-state index contributed by atoms with van der Waals surface area (Å²) in [6.45, 7) is 6.77. The zero-order valence-electron chi connectivity index (χ0n) is 18.8. The van der Waals surface area contributed by atoms with E-state index in [9.17, 15) is 8.78 Å². The SMILES string of the molecule is CCNC(=NCC(c1c(F)cccc1F)N(C)C)NCCCOCC1CCOCC1.I. The molecule has 31 heavy (non-hydrogen) atoms. The molecular weight excluding hydrogens is 517 g/mol. The highest BCUT2D eigenvalue weighted by Gasteiger charge is 2.22. The lowest BCUT2D eigenvalue weighted by Gasteiger charge is -2.24. The van der Waals surface area contributed by atoms with Gasteiger partial charge in [0.2, 0.25) is 0 Å². The minimum atomic E-state index is -0.552. The molecule has 0 spiro atoms. The molecule has 2 N–H and O–H groups in total. The highest BCUT2D eigenvalue weighted by Crippen LogP contribution is 2.24. The summed E-state index contributed by atoms with van der Waals surface area (Å²) in [5, 5.41) is 6.45. The van der Waals surface area contributed by atoms with Crippen molar-refractivity contribution in [3.63, 3.8) is 0 Å². The molecule has 1 unspecified atom stereocenters. The third-order valence-electron chi connectivity index (χ3n) is 5.18. The molecule has 9 heteroatoms. The van der Waals surface area contributed by atoms with E-state index in [1.54, 1.807) is 19.0 Å². The maximum atomic E-state index is 14.2. The second kappa shape index (κ2) is 15.7. The summed E-state index contributed by atoms with van der Waals surface area (Å²) < 4.78 is 39.6. The average Bonchev–Trinajstić information content (AvgIpc) is 2.73. The van der Waals surface area contributed by atoms with E-state index in [4.69, 9.17) is 9.47 Å². The van der Waals surface area contributed by atoms with E-state index < -0.39 is 17.7 Å². The van der Waals surface area contributed by atoms with Gasteiger partial charge in [-0.2, -0.15) is 0 Å². The Hall–Kier alpha value is -1.04. The highest BCUT2D eigenvalue weighted by molar-refractivity contribution is 14.0. The Kier molecular flexibility index (Phi) is 14.2. The molecule has 0 bridgehead atoms. The van der Waals surface area contributed by atoms with Gasteiger partial charge in [0.1, 0.15) is 11.6 Å². The van der Waals surface area contributed by atoms with Crippen molar-refractivity contribution < 1.29 is 18.3 Å². The van der Waals surface area contributed by atoms with Gasteiger partial charge in [0.25, 0.3) is 0 Å². The lowest BCUT2D eigenvalue weighted by molar-refractivity contribution is 0.0203. The van der Waals surface area contributed by atoms with Crippen LogP contribution in [0.3, 0.4) is 0 Å². The third kappa shape index (κ3) is 9.97. The Balaban J connectivity index is 0.00000480. The molecule has 1 atom stereocenters. The number of nitrogens with one attached hydrogen (secondary N) is 2. The van der Waals surface area contributed by atoms with Crippen LogP contribution in [-0.2, 0) is 9.47 Å². The third-order valence-corrected chi connectivity index (χ3v) is 5.18. The van der Waals surface area contributed by atoms with Gasteiger partial charge in [0.05, 0.1) is 12.6 Å². The fourth-order valence-electron chi connectivity index (χ4n) is 3.41. The number of hydrogen-bond acceptors (Lipinski definition) is 4. The molecule has 1 aromatic carbocycles. The number of likely N-dealkylation sites (N-methyl/N-ethyl adjacent to an activating group) is 1. The first kappa shape index (κ1) is 28.0. The quantitative estimate of drug-likeness (QED) is 0.190. The molecule has 178 valence electrons. The molecule has 0 amide bonds. The van der Waals surface area contributed by atoms with Gasteiger partial charge in [-0.15, -0.1) is 24.0 Å². The molecule has 0 aromatic heterocycles. The number of benzene rings is 1. The molecule has 1 heterocycles. The van der Waals surface area contributed by atoms with Gasteiger partial charge >= 0.3 is 0 Å². The van der Waals surface area contributed by atoms with E-state index in [0.717, 1.165) is 39.1 Å². The van der Waals surface area contributed by atoms with Gasteiger partial charge in [-0.1, -0.05) is 6.07 Å². The van der Waals surface area contributed by atoms with Crippen molar-refractivity contribution in [1.82, 2.24) is 15.5 Å². The van der Waals surface area contributed by atoms with Crippen molar-refractivity contribution in [3.05, 3.63) is 35.4 Å². The second-order valence-corrected chi connectivity index (χ2v) is 7.75. The number of aliphatic imine (C=N–C) groups is 1. The minimum Gasteiger partial charge on any atom is -0.381 e. The van der Waals surface area contributed by atoms with E-state index in [0.29, 0.717) is 31.6 Å². The molecule has 1 fully saturated rings. The summed E-state index contributed by atoms with van der Waals surface area (Å²) >= 11 is 0. The normalized spacial score (nSPS) is 16.1. The van der Waals surface area contributed by atoms with Crippen molar-refractivity contribution in [1.29, 1.82) is 0 Å². The predicted octanol–water partition coefficient (Wildman–Crippen LogP) is 3.57. The molecule has 6 nitrogen and oxygen atoms in total. The van der Waals surface area contributed by atoms with Crippen LogP contribution in [0.4, 0.5) is 8.78 Å². The van der Waals surface area contributed by atoms with Crippen molar-refractivity contribution in [3.8, 4) is 0 Å². The summed E-state index contributed by atoms with van der Waals surface area (Å²) in [6, 6.07) is 3.44. The molecule has 1 saturated heterocycles. The lowest BCUT2D eigenvalue weighted by atomic mass is 10.0. The minimum absolute atomic E-state index is 0. The van der Waals surface area contributed by atoms with Crippen LogP contribution >= 0.6 is 24.0 Å². The lowest BCUT2D eigenvalue weighted by Crippen LogP contribution is -2.39. The fourth-order valence-corrected chi connectivity index (χ4v) is 3.41. The Labute approximate surface area is 202 Å². The number of nitrogens with zero attached hydrogens (tertiary/aromatic N) is 2. The van der Waals surface area contributed by atoms with Crippen molar-refractivity contribution in [2.24, 2.45) is 10.9 Å². The standard InChI is InChI=1S/C22H36F2N4O2.HI/c1-4-25-22(26-11-6-12-30-16-17-9-13-29-14-10-17)27-15-20(28(2)3)21-18(23)7-5-8-19(21)24;/h5,7-8,17,20H,4,6,9-16H2,1-3H3,(H2,25,26,27);1H. The second-order valence-electron chi connectivity index (χ2n) is 7.75. The molecule has 1 aliphatic heterocycles. The fraction of sp³-hybridized carbons (Fsp3) is 0.682. The van der Waals surface area contributed by atoms with Crippen LogP contribution in [0.25, 0.3) is 0 Å². The highest BCUT2D eigenvalue weighted by atomic mass is 127. The Morgan fingerprint density at radius 3 is 2.52 bits per heavy atom. The number of halogens is 3. The number of hydrogen-bond donors (Lipinski definition) is 2. The average molecular weight is 554 g/mol. The summed E-state index contributed by atoms with van der Waals surface area (Å²) in [6.07, 6.45) is 3.00. The number of rotatable bonds is 11. The maximum absolute atomic E-state index is 14.2. The Bertz CT molecular complexity index is 638. The van der Waals surface area contributed by atoms with Gasteiger partial charge in [-0.3, -0.25) is 4.99 Å². The van der Waals surface area contributed by atoms with E-state index in [2.05, 4.69) is 15.6 Å². The Morgan fingerprint density at radius 1 is 1.23 bits per heavy atom. The van der Waals surface area contributed by atoms with Gasteiger partial charge in [0.15, 0.2) is 5.96 Å². The van der Waals surface area contributed by atoms with E-state index in [1.165, 1.54) is 18.2 Å². The molecule has 0 saturated carbocycles. The number of guanidine groups is 1. The zero-order valence-corrected chi connectivity index (χ0v) is 21.2. The van der Waals surface area contributed by atoms with Gasteiger partial charge in [-0.25, -0.2) is 8.78 Å². The van der Waals surface area contributed by atoms with Gasteiger partial charge < -0.3 is 25.0 Å². The van der Waals surface area contributed by atoms with Crippen LogP contribution < -0.4 is 10.6 Å². The molecular formula is C22H37F2IN4O2. The van der Waals surface area contributed by atoms with Gasteiger partial charge in [0, 0.05) is 45.1 Å². The predicted molar refractivity (Wildman–Crippen MR) is 131 cm³/mol. The zero-order chi connectivity index (χ0) is 21.8. The summed E-state index contributed by atoms with van der Waals surface area (Å²) in [7, 11) is 3.59. The molecule has 2 rings (SSSR count). The smallest absolute Gasteiger partial charge is 0.191 e. The maximum Gasteiger partial charge on any atom is 0.191 e. The number of ether oxygens (including phenoxy) is 2. The van der Waals surface area contributed by atoms with Crippen LogP contribution in [0, 0.1) is 17.6 Å². The van der Waals surface area contributed by atoms with Crippen LogP contribution in [0.2, 0.25) is 0 Å². The van der Waals surface area contributed by atoms with E-state index >= 15 is 0 Å². The molecule has 0 radical (unpaired) electrons. The van der Waals surface area contributed by atoms with Crippen molar-refractivity contribution in [2.45, 2.75) is 32.2 Å². The van der Waals surface area contributed by atoms with Crippen LogP contribution in [0.5, 0.6) is 0 Å². The molecule has 1 aromatic rings. The van der Waals surface area contributed by atoms with Crippen molar-refractivity contribution in [2.75, 3.05) is 60.2 Å². The Morgan fingerprint density at radius 2 is 1.90 bits per heavy atom. The summed E-state index contributed by atoms with van der Waals surface area (Å²) in [4.78, 5) is 6.33. The van der Waals surface area contributed by atoms with Crippen molar-refractivity contribution >= 4 is 29.9 Å². The van der Waals surface area contributed by atoms with E-state index in [1.807, 2.05) is 6.92 Å². The van der Waals surface area contributed by atoms with Crippen LogP contribution in [0.1, 0.15) is 37.8 Å². The van der Waals surface area contributed by atoms with Crippen LogP contribution in [0.15, 0.2) is 23.2 Å². The summed E-state index contributed by atoms with van der Waals surface area (Å²) in [5.41, 5.74) is 0.0450. The topological polar surface area (TPSA) is 58.1 Å². The van der Waals surface area contributed by atoms with Gasteiger partial charge in [-0.05, 0) is 58.3 Å². The monoisotopic (exact) mass is 554 g/mol. The van der Waals surface area contributed by atoms with E-state index in [-0.39, 0.29) is 36.1 Å². The molecule has 0 aliphatic carbocycles. The van der Waals surface area contributed by atoms with Crippen LogP contribution in [-0.4, -0.2) is 71.0 Å². The first-order valence-electron chi connectivity index (χ1n) is 10.8. The molecule has 1 aliphatic rings. The first-order valence-corrected chi connectivity index (χ1v) is 10.8. The summed E-state index contributed by atoms with van der Waals surface area (Å²) in [5.74, 6) is 0.130. The largest absolute Gasteiger partial charge is 0.381 e.